The van der Waals surface area contributed by atoms with Gasteiger partial charge in [0, 0.05) is 19.0 Å². The first-order valence-corrected chi connectivity index (χ1v) is 7.16. The number of amides is 1. The normalized spacial score (nSPS) is 18.8. The minimum atomic E-state index is 0.0749. The number of hydrogen-bond donors (Lipinski definition) is 0. The predicted molar refractivity (Wildman–Crippen MR) is 74.3 cm³/mol. The van der Waals surface area contributed by atoms with Crippen molar-refractivity contribution < 1.29 is 4.79 Å². The van der Waals surface area contributed by atoms with Gasteiger partial charge in [-0.15, -0.1) is 5.10 Å². The van der Waals surface area contributed by atoms with Gasteiger partial charge in [0.05, 0.1) is 5.69 Å². The topological polar surface area (TPSA) is 46.1 Å². The van der Waals surface area contributed by atoms with E-state index in [1.165, 1.54) is 17.1 Å². The molecule has 0 radical (unpaired) electrons. The van der Waals surface area contributed by atoms with Crippen molar-refractivity contribution in [2.75, 3.05) is 13.1 Å². The fraction of sp³-hybridized carbons (Fsp3) is 0.357. The molecule has 1 amide bonds. The van der Waals surface area contributed by atoms with Crippen LogP contribution < -0.4 is 0 Å². The molecule has 4 nitrogen and oxygen atoms in total. The summed E-state index contributed by atoms with van der Waals surface area (Å²) in [6.07, 6.45) is 1.03. The van der Waals surface area contributed by atoms with Crippen molar-refractivity contribution in [3.8, 4) is 0 Å². The van der Waals surface area contributed by atoms with Gasteiger partial charge in [-0.3, -0.25) is 4.79 Å². The Balaban J connectivity index is 1.73. The molecule has 0 unspecified atom stereocenters. The van der Waals surface area contributed by atoms with Gasteiger partial charge < -0.3 is 4.90 Å². The van der Waals surface area contributed by atoms with Gasteiger partial charge in [0.15, 0.2) is 0 Å². The third-order valence-electron chi connectivity index (χ3n) is 3.59. The van der Waals surface area contributed by atoms with Crippen LogP contribution in [0.15, 0.2) is 30.3 Å². The highest BCUT2D eigenvalue weighted by Gasteiger charge is 2.29. The predicted octanol–water partition coefficient (Wildman–Crippen LogP) is 2.48. The summed E-state index contributed by atoms with van der Waals surface area (Å²) < 4.78 is 3.84. The second-order valence-corrected chi connectivity index (χ2v) is 5.59. The summed E-state index contributed by atoms with van der Waals surface area (Å²) in [4.78, 5) is 15.0. The van der Waals surface area contributed by atoms with Gasteiger partial charge in [0.1, 0.15) is 4.88 Å². The fourth-order valence-electron chi connectivity index (χ4n) is 2.51. The van der Waals surface area contributed by atoms with E-state index >= 15 is 0 Å². The van der Waals surface area contributed by atoms with Crippen molar-refractivity contribution >= 4 is 17.4 Å². The minimum Gasteiger partial charge on any atom is -0.337 e. The minimum absolute atomic E-state index is 0.0749. The number of benzene rings is 1. The van der Waals surface area contributed by atoms with Gasteiger partial charge >= 0.3 is 0 Å². The lowest BCUT2D eigenvalue weighted by Crippen LogP contribution is -2.28. The number of rotatable bonds is 2. The summed E-state index contributed by atoms with van der Waals surface area (Å²) in [6.45, 7) is 3.44. The molecule has 0 N–H and O–H groups in total. The van der Waals surface area contributed by atoms with Gasteiger partial charge in [0.25, 0.3) is 5.91 Å². The third kappa shape index (κ3) is 2.38. The summed E-state index contributed by atoms with van der Waals surface area (Å²) >= 11 is 1.19. The van der Waals surface area contributed by atoms with Crippen molar-refractivity contribution in [3.63, 3.8) is 0 Å². The van der Waals surface area contributed by atoms with Gasteiger partial charge in [-0.2, -0.15) is 0 Å². The van der Waals surface area contributed by atoms with E-state index in [1.807, 2.05) is 17.9 Å². The van der Waals surface area contributed by atoms with Crippen LogP contribution in [-0.2, 0) is 0 Å². The molecule has 1 fully saturated rings. The molecule has 1 aliphatic heterocycles. The summed E-state index contributed by atoms with van der Waals surface area (Å²) in [5.41, 5.74) is 2.05. The fourth-order valence-corrected chi connectivity index (χ4v) is 3.14. The molecule has 98 valence electrons. The zero-order valence-corrected chi connectivity index (χ0v) is 11.6. The number of aryl methyl sites for hydroxylation is 1. The number of aromatic nitrogens is 2. The van der Waals surface area contributed by atoms with Gasteiger partial charge in [-0.1, -0.05) is 34.8 Å². The van der Waals surface area contributed by atoms with Gasteiger partial charge in [-0.25, -0.2) is 0 Å². The number of nitrogens with zero attached hydrogens (tertiary/aromatic N) is 3. The SMILES string of the molecule is Cc1nnsc1C(=O)N1CC[C@H](c2ccccc2)C1. The van der Waals surface area contributed by atoms with Crippen LogP contribution in [0.2, 0.25) is 0 Å². The zero-order valence-electron chi connectivity index (χ0n) is 10.7. The van der Waals surface area contributed by atoms with E-state index in [1.54, 1.807) is 0 Å². The Labute approximate surface area is 116 Å². The highest BCUT2D eigenvalue weighted by atomic mass is 32.1. The molecule has 1 aliphatic rings. The van der Waals surface area contributed by atoms with E-state index < -0.39 is 0 Å². The van der Waals surface area contributed by atoms with Crippen molar-refractivity contribution in [2.24, 2.45) is 0 Å². The van der Waals surface area contributed by atoms with Crippen LogP contribution in [0, 0.1) is 6.92 Å². The quantitative estimate of drug-likeness (QED) is 0.844. The van der Waals surface area contributed by atoms with Crippen LogP contribution in [0.25, 0.3) is 0 Å². The summed E-state index contributed by atoms with van der Waals surface area (Å²) in [7, 11) is 0. The first kappa shape index (κ1) is 12.3. The summed E-state index contributed by atoms with van der Waals surface area (Å²) in [5, 5.41) is 3.91. The monoisotopic (exact) mass is 273 g/mol. The Hall–Kier alpha value is -1.75. The molecule has 1 aromatic heterocycles. The van der Waals surface area contributed by atoms with Crippen LogP contribution in [-0.4, -0.2) is 33.5 Å². The molecule has 1 atom stereocenters. The van der Waals surface area contributed by atoms with Gasteiger partial charge in [-0.05, 0) is 30.4 Å². The Bertz CT molecular complexity index is 581. The molecule has 0 bridgehead atoms. The molecule has 19 heavy (non-hydrogen) atoms. The third-order valence-corrected chi connectivity index (χ3v) is 4.41. The average Bonchev–Trinajstić information content (AvgIpc) is 3.08. The maximum Gasteiger partial charge on any atom is 0.267 e. The average molecular weight is 273 g/mol. The molecule has 0 saturated carbocycles. The lowest BCUT2D eigenvalue weighted by atomic mass is 9.99. The zero-order chi connectivity index (χ0) is 13.2. The smallest absolute Gasteiger partial charge is 0.267 e. The van der Waals surface area contributed by atoms with E-state index in [0.29, 0.717) is 10.8 Å². The summed E-state index contributed by atoms with van der Waals surface area (Å²) in [6, 6.07) is 10.4. The van der Waals surface area contributed by atoms with Crippen LogP contribution in [0.5, 0.6) is 0 Å². The van der Waals surface area contributed by atoms with E-state index in [-0.39, 0.29) is 5.91 Å². The maximum absolute atomic E-state index is 12.4. The van der Waals surface area contributed by atoms with Crippen molar-refractivity contribution in [2.45, 2.75) is 19.3 Å². The van der Waals surface area contributed by atoms with Crippen LogP contribution >= 0.6 is 11.5 Å². The molecule has 5 heteroatoms. The first-order chi connectivity index (χ1) is 9.25. The lowest BCUT2D eigenvalue weighted by Gasteiger charge is -2.15. The number of hydrogen-bond acceptors (Lipinski definition) is 4. The second kappa shape index (κ2) is 5.09. The molecule has 3 rings (SSSR count). The van der Waals surface area contributed by atoms with Crippen LogP contribution in [0.4, 0.5) is 0 Å². The van der Waals surface area contributed by atoms with E-state index in [9.17, 15) is 4.79 Å². The molecule has 0 aliphatic carbocycles. The van der Waals surface area contributed by atoms with E-state index in [4.69, 9.17) is 0 Å². The van der Waals surface area contributed by atoms with Crippen molar-refractivity contribution in [3.05, 3.63) is 46.5 Å². The van der Waals surface area contributed by atoms with Gasteiger partial charge in [0.2, 0.25) is 0 Å². The van der Waals surface area contributed by atoms with Crippen LogP contribution in [0.3, 0.4) is 0 Å². The lowest BCUT2D eigenvalue weighted by molar-refractivity contribution is 0.0794. The highest BCUT2D eigenvalue weighted by Crippen LogP contribution is 2.28. The molecular weight excluding hydrogens is 258 g/mol. The molecule has 1 saturated heterocycles. The van der Waals surface area contributed by atoms with Crippen LogP contribution in [0.1, 0.15) is 33.3 Å². The Morgan fingerprint density at radius 1 is 1.37 bits per heavy atom. The largest absolute Gasteiger partial charge is 0.337 e. The first-order valence-electron chi connectivity index (χ1n) is 6.39. The summed E-state index contributed by atoms with van der Waals surface area (Å²) in [5.74, 6) is 0.525. The Kier molecular flexibility index (Phi) is 3.29. The van der Waals surface area contributed by atoms with Crippen molar-refractivity contribution in [1.29, 1.82) is 0 Å². The maximum atomic E-state index is 12.4. The highest BCUT2D eigenvalue weighted by molar-refractivity contribution is 7.07. The standard InChI is InChI=1S/C14H15N3OS/c1-10-13(19-16-15-10)14(18)17-8-7-12(9-17)11-5-3-2-4-6-11/h2-6,12H,7-9H2,1H3/t12-/m0/s1. The number of carbonyl (C=O) groups is 1. The molecule has 2 heterocycles. The van der Waals surface area contributed by atoms with Crippen molar-refractivity contribution in [1.82, 2.24) is 14.5 Å². The Morgan fingerprint density at radius 2 is 2.16 bits per heavy atom. The number of likely N-dealkylation sites (tertiary alicyclic amines) is 1. The van der Waals surface area contributed by atoms with E-state index in [2.05, 4.69) is 33.9 Å². The molecule has 2 aromatic rings. The number of carbonyl (C=O) groups excluding carboxylic acids is 1. The molecule has 0 spiro atoms. The molecular formula is C14H15N3OS. The van der Waals surface area contributed by atoms with E-state index in [0.717, 1.165) is 25.2 Å². The molecule has 1 aromatic carbocycles. The Morgan fingerprint density at radius 3 is 2.84 bits per heavy atom. The second-order valence-electron chi connectivity index (χ2n) is 4.83.